The van der Waals surface area contributed by atoms with Crippen LogP contribution in [0.3, 0.4) is 0 Å². The fourth-order valence-electron chi connectivity index (χ4n) is 3.82. The maximum atomic E-state index is 3.48. The molecule has 1 saturated carbocycles. The highest BCUT2D eigenvalue weighted by molar-refractivity contribution is 7.98. The maximum Gasteiger partial charge on any atom is 0.0377 e. The summed E-state index contributed by atoms with van der Waals surface area (Å²) in [6.07, 6.45) is 7.84. The SMILES string of the molecule is CSc1ccc([C@@H](C2CCCC2)N2CCNCC2)cc1. The van der Waals surface area contributed by atoms with Gasteiger partial charge < -0.3 is 5.32 Å². The molecule has 2 fully saturated rings. The van der Waals surface area contributed by atoms with Crippen LogP contribution in [0.4, 0.5) is 0 Å². The van der Waals surface area contributed by atoms with E-state index in [4.69, 9.17) is 0 Å². The van der Waals surface area contributed by atoms with Crippen molar-refractivity contribution < 1.29 is 0 Å². The van der Waals surface area contributed by atoms with E-state index in [1.54, 1.807) is 0 Å². The minimum Gasteiger partial charge on any atom is -0.314 e. The van der Waals surface area contributed by atoms with Crippen LogP contribution < -0.4 is 5.32 Å². The van der Waals surface area contributed by atoms with E-state index < -0.39 is 0 Å². The largest absolute Gasteiger partial charge is 0.314 e. The van der Waals surface area contributed by atoms with Crippen LogP contribution in [-0.4, -0.2) is 37.3 Å². The smallest absolute Gasteiger partial charge is 0.0377 e. The second-order valence-electron chi connectivity index (χ2n) is 6.05. The van der Waals surface area contributed by atoms with Gasteiger partial charge in [-0.05, 0) is 42.7 Å². The Kier molecular flexibility index (Phi) is 5.03. The van der Waals surface area contributed by atoms with Gasteiger partial charge in [0.2, 0.25) is 0 Å². The average Bonchev–Trinajstić information content (AvgIpc) is 3.03. The molecule has 2 nitrogen and oxygen atoms in total. The molecule has 1 aliphatic heterocycles. The van der Waals surface area contributed by atoms with E-state index in [1.807, 2.05) is 11.8 Å². The van der Waals surface area contributed by atoms with Crippen LogP contribution in [-0.2, 0) is 0 Å². The first kappa shape index (κ1) is 14.4. The van der Waals surface area contributed by atoms with Gasteiger partial charge in [-0.15, -0.1) is 11.8 Å². The summed E-state index contributed by atoms with van der Waals surface area (Å²) in [7, 11) is 0. The van der Waals surface area contributed by atoms with E-state index in [0.29, 0.717) is 6.04 Å². The predicted molar refractivity (Wildman–Crippen MR) is 87.4 cm³/mol. The Labute approximate surface area is 127 Å². The molecule has 0 bridgehead atoms. The molecule has 1 heterocycles. The number of nitrogens with one attached hydrogen (secondary N) is 1. The van der Waals surface area contributed by atoms with E-state index in [9.17, 15) is 0 Å². The van der Waals surface area contributed by atoms with E-state index in [2.05, 4.69) is 40.7 Å². The molecule has 0 amide bonds. The quantitative estimate of drug-likeness (QED) is 0.854. The highest BCUT2D eigenvalue weighted by atomic mass is 32.2. The summed E-state index contributed by atoms with van der Waals surface area (Å²) in [6, 6.07) is 9.98. The lowest BCUT2D eigenvalue weighted by atomic mass is 9.90. The van der Waals surface area contributed by atoms with Crippen molar-refractivity contribution in [2.75, 3.05) is 32.4 Å². The highest BCUT2D eigenvalue weighted by Crippen LogP contribution is 2.39. The van der Waals surface area contributed by atoms with Crippen LogP contribution in [0.5, 0.6) is 0 Å². The lowest BCUT2D eigenvalue weighted by Crippen LogP contribution is -2.46. The van der Waals surface area contributed by atoms with Crippen LogP contribution in [0.1, 0.15) is 37.3 Å². The summed E-state index contributed by atoms with van der Waals surface area (Å²) in [5, 5.41) is 3.48. The third-order valence-corrected chi connectivity index (χ3v) is 5.59. The molecule has 1 aromatic rings. The topological polar surface area (TPSA) is 15.3 Å². The van der Waals surface area contributed by atoms with Crippen molar-refractivity contribution in [2.45, 2.75) is 36.6 Å². The number of nitrogens with zero attached hydrogens (tertiary/aromatic N) is 1. The minimum atomic E-state index is 0.649. The lowest BCUT2D eigenvalue weighted by molar-refractivity contribution is 0.125. The molecule has 3 heteroatoms. The maximum absolute atomic E-state index is 3.48. The monoisotopic (exact) mass is 290 g/mol. The molecule has 20 heavy (non-hydrogen) atoms. The van der Waals surface area contributed by atoms with E-state index in [0.717, 1.165) is 19.0 Å². The molecule has 1 saturated heterocycles. The lowest BCUT2D eigenvalue weighted by Gasteiger charge is -2.38. The molecule has 3 rings (SSSR count). The Morgan fingerprint density at radius 3 is 2.35 bits per heavy atom. The van der Waals surface area contributed by atoms with Crippen LogP contribution in [0.25, 0.3) is 0 Å². The van der Waals surface area contributed by atoms with Gasteiger partial charge in [0.05, 0.1) is 0 Å². The van der Waals surface area contributed by atoms with E-state index in [-0.39, 0.29) is 0 Å². The third kappa shape index (κ3) is 3.21. The fraction of sp³-hybridized carbons (Fsp3) is 0.647. The van der Waals surface area contributed by atoms with Crippen LogP contribution in [0, 0.1) is 5.92 Å². The Morgan fingerprint density at radius 2 is 1.75 bits per heavy atom. The molecule has 110 valence electrons. The highest BCUT2D eigenvalue weighted by Gasteiger charge is 2.31. The minimum absolute atomic E-state index is 0.649. The van der Waals surface area contributed by atoms with Gasteiger partial charge in [-0.2, -0.15) is 0 Å². The molecule has 0 aromatic heterocycles. The molecule has 2 aliphatic rings. The molecule has 1 aliphatic carbocycles. The standard InChI is InChI=1S/C17H26N2S/c1-20-16-8-6-15(7-9-16)17(14-4-2-3-5-14)19-12-10-18-11-13-19/h6-9,14,17-18H,2-5,10-13H2,1H3/t17-/m1/s1. The van der Waals surface area contributed by atoms with Crippen molar-refractivity contribution in [2.24, 2.45) is 5.92 Å². The first-order valence-corrected chi connectivity index (χ1v) is 9.19. The molecule has 1 N–H and O–H groups in total. The van der Waals surface area contributed by atoms with Gasteiger partial charge in [0.15, 0.2) is 0 Å². The molecular weight excluding hydrogens is 264 g/mol. The first-order chi connectivity index (χ1) is 9.88. The van der Waals surface area contributed by atoms with Gasteiger partial charge in [0, 0.05) is 37.1 Å². The number of thioether (sulfide) groups is 1. The van der Waals surface area contributed by atoms with Crippen LogP contribution in [0.2, 0.25) is 0 Å². The van der Waals surface area contributed by atoms with E-state index >= 15 is 0 Å². The molecule has 0 radical (unpaired) electrons. The van der Waals surface area contributed by atoms with E-state index in [1.165, 1.54) is 49.2 Å². The number of benzene rings is 1. The number of rotatable bonds is 4. The molecule has 1 atom stereocenters. The summed E-state index contributed by atoms with van der Waals surface area (Å²) >= 11 is 1.83. The van der Waals surface area contributed by atoms with Crippen LogP contribution >= 0.6 is 11.8 Å². The molecule has 0 spiro atoms. The Morgan fingerprint density at radius 1 is 1.10 bits per heavy atom. The van der Waals surface area contributed by atoms with Crippen molar-refractivity contribution in [3.63, 3.8) is 0 Å². The zero-order chi connectivity index (χ0) is 13.8. The summed E-state index contributed by atoms with van der Waals surface area (Å²) in [6.45, 7) is 4.69. The van der Waals surface area contributed by atoms with Crippen molar-refractivity contribution in [1.82, 2.24) is 10.2 Å². The summed E-state index contributed by atoms with van der Waals surface area (Å²) in [5.41, 5.74) is 1.54. The Balaban J connectivity index is 1.82. The summed E-state index contributed by atoms with van der Waals surface area (Å²) in [5.74, 6) is 0.869. The molecular formula is C17H26N2S. The van der Waals surface area contributed by atoms with Gasteiger partial charge >= 0.3 is 0 Å². The zero-order valence-corrected chi connectivity index (χ0v) is 13.3. The van der Waals surface area contributed by atoms with Gasteiger partial charge in [-0.25, -0.2) is 0 Å². The number of piperazine rings is 1. The fourth-order valence-corrected chi connectivity index (χ4v) is 4.22. The predicted octanol–water partition coefficient (Wildman–Crippen LogP) is 3.55. The average molecular weight is 290 g/mol. The van der Waals surface area contributed by atoms with Crippen molar-refractivity contribution >= 4 is 11.8 Å². The Hall–Kier alpha value is -0.510. The van der Waals surface area contributed by atoms with Gasteiger partial charge in [-0.1, -0.05) is 25.0 Å². The second-order valence-corrected chi connectivity index (χ2v) is 6.93. The Bertz CT molecular complexity index is 406. The van der Waals surface area contributed by atoms with Crippen molar-refractivity contribution in [3.8, 4) is 0 Å². The first-order valence-electron chi connectivity index (χ1n) is 7.97. The van der Waals surface area contributed by atoms with Crippen molar-refractivity contribution in [3.05, 3.63) is 29.8 Å². The second kappa shape index (κ2) is 6.97. The number of hydrogen-bond acceptors (Lipinski definition) is 3. The van der Waals surface area contributed by atoms with Gasteiger partial charge in [0.1, 0.15) is 0 Å². The van der Waals surface area contributed by atoms with Crippen LogP contribution in [0.15, 0.2) is 29.2 Å². The summed E-state index contributed by atoms with van der Waals surface area (Å²) in [4.78, 5) is 4.10. The van der Waals surface area contributed by atoms with Crippen molar-refractivity contribution in [1.29, 1.82) is 0 Å². The van der Waals surface area contributed by atoms with Gasteiger partial charge in [0.25, 0.3) is 0 Å². The molecule has 0 unspecified atom stereocenters. The number of hydrogen-bond donors (Lipinski definition) is 1. The zero-order valence-electron chi connectivity index (χ0n) is 12.5. The molecule has 1 aromatic carbocycles. The van der Waals surface area contributed by atoms with Gasteiger partial charge in [-0.3, -0.25) is 4.90 Å². The summed E-state index contributed by atoms with van der Waals surface area (Å²) < 4.78 is 0. The third-order valence-electron chi connectivity index (χ3n) is 4.85. The normalized spacial score (nSPS) is 23.1.